The fourth-order valence-corrected chi connectivity index (χ4v) is 2.98. The summed E-state index contributed by atoms with van der Waals surface area (Å²) in [6.07, 6.45) is 2.47. The molecule has 1 saturated carbocycles. The van der Waals surface area contributed by atoms with Gasteiger partial charge in [0, 0.05) is 13.1 Å². The van der Waals surface area contributed by atoms with Crippen LogP contribution in [-0.2, 0) is 18.3 Å². The van der Waals surface area contributed by atoms with Gasteiger partial charge in [-0.15, -0.1) is 0 Å². The lowest BCUT2D eigenvalue weighted by molar-refractivity contribution is -0.384. The number of aliphatic carboxylic acids is 1. The summed E-state index contributed by atoms with van der Waals surface area (Å²) in [5.41, 5.74) is -0.565. The largest absolute Gasteiger partial charge is 0.481 e. The lowest BCUT2D eigenvalue weighted by Gasteiger charge is -2.28. The number of rotatable bonds is 5. The zero-order valence-electron chi connectivity index (χ0n) is 12.4. The van der Waals surface area contributed by atoms with Gasteiger partial charge in [-0.05, 0) is 26.2 Å². The molecule has 0 aliphatic heterocycles. The van der Waals surface area contributed by atoms with Crippen molar-refractivity contribution in [2.45, 2.75) is 45.6 Å². The SMILES string of the molecule is CCc1nn(C)c(NC2CCCC2(C)C(=O)O)c1[N+](=O)[O-]. The van der Waals surface area contributed by atoms with Gasteiger partial charge in [-0.2, -0.15) is 5.10 Å². The molecule has 1 aliphatic carbocycles. The third-order valence-electron chi connectivity index (χ3n) is 4.37. The molecule has 2 rings (SSSR count). The second kappa shape index (κ2) is 5.34. The summed E-state index contributed by atoms with van der Waals surface area (Å²) in [5.74, 6) is -0.589. The van der Waals surface area contributed by atoms with Crippen molar-refractivity contribution in [1.82, 2.24) is 9.78 Å². The molecule has 0 bridgehead atoms. The highest BCUT2D eigenvalue weighted by Gasteiger charge is 2.46. The molecule has 0 radical (unpaired) electrons. The van der Waals surface area contributed by atoms with Gasteiger partial charge in [0.15, 0.2) is 0 Å². The van der Waals surface area contributed by atoms with E-state index >= 15 is 0 Å². The van der Waals surface area contributed by atoms with Crippen LogP contribution in [0.5, 0.6) is 0 Å². The second-order valence-corrected chi connectivity index (χ2v) is 5.69. The summed E-state index contributed by atoms with van der Waals surface area (Å²) < 4.78 is 1.43. The molecule has 0 aromatic carbocycles. The van der Waals surface area contributed by atoms with E-state index in [4.69, 9.17) is 0 Å². The lowest BCUT2D eigenvalue weighted by atomic mass is 9.85. The van der Waals surface area contributed by atoms with Crippen LogP contribution in [0.15, 0.2) is 0 Å². The number of anilines is 1. The van der Waals surface area contributed by atoms with E-state index in [1.165, 1.54) is 4.68 Å². The van der Waals surface area contributed by atoms with Crippen molar-refractivity contribution in [3.63, 3.8) is 0 Å². The zero-order chi connectivity index (χ0) is 15.8. The van der Waals surface area contributed by atoms with Crippen LogP contribution in [0.3, 0.4) is 0 Å². The Kier molecular flexibility index (Phi) is 3.89. The van der Waals surface area contributed by atoms with E-state index in [1.807, 2.05) is 0 Å². The van der Waals surface area contributed by atoms with Gasteiger partial charge < -0.3 is 10.4 Å². The quantitative estimate of drug-likeness (QED) is 0.634. The fraction of sp³-hybridized carbons (Fsp3) is 0.692. The Labute approximate surface area is 122 Å². The monoisotopic (exact) mass is 296 g/mol. The molecule has 1 fully saturated rings. The number of carboxylic acids is 1. The van der Waals surface area contributed by atoms with Crippen LogP contribution >= 0.6 is 0 Å². The van der Waals surface area contributed by atoms with Crippen molar-refractivity contribution in [2.75, 3.05) is 5.32 Å². The summed E-state index contributed by atoms with van der Waals surface area (Å²) in [4.78, 5) is 22.3. The smallest absolute Gasteiger partial charge is 0.333 e. The van der Waals surface area contributed by atoms with Gasteiger partial charge in [0.25, 0.3) is 0 Å². The van der Waals surface area contributed by atoms with Gasteiger partial charge >= 0.3 is 11.7 Å². The topological polar surface area (TPSA) is 110 Å². The number of nitro groups is 1. The van der Waals surface area contributed by atoms with E-state index in [1.54, 1.807) is 20.9 Å². The van der Waals surface area contributed by atoms with Crippen molar-refractivity contribution in [3.05, 3.63) is 15.8 Å². The first kappa shape index (κ1) is 15.3. The van der Waals surface area contributed by atoms with Crippen LogP contribution in [0.4, 0.5) is 11.5 Å². The molecule has 1 heterocycles. The number of nitrogens with zero attached hydrogens (tertiary/aromatic N) is 3. The molecule has 21 heavy (non-hydrogen) atoms. The molecule has 2 N–H and O–H groups in total. The first-order valence-electron chi connectivity index (χ1n) is 7.01. The first-order valence-corrected chi connectivity index (χ1v) is 7.01. The second-order valence-electron chi connectivity index (χ2n) is 5.69. The summed E-state index contributed by atoms with van der Waals surface area (Å²) >= 11 is 0. The highest BCUT2D eigenvalue weighted by Crippen LogP contribution is 2.41. The van der Waals surface area contributed by atoms with E-state index in [9.17, 15) is 20.0 Å². The number of carboxylic acid groups (broad SMARTS) is 1. The van der Waals surface area contributed by atoms with Crippen LogP contribution in [0, 0.1) is 15.5 Å². The third kappa shape index (κ3) is 2.45. The molecule has 2 atom stereocenters. The summed E-state index contributed by atoms with van der Waals surface area (Å²) in [6, 6.07) is -0.339. The van der Waals surface area contributed by atoms with Gasteiger partial charge in [-0.3, -0.25) is 14.9 Å². The van der Waals surface area contributed by atoms with E-state index in [2.05, 4.69) is 10.4 Å². The van der Waals surface area contributed by atoms with Gasteiger partial charge in [-0.25, -0.2) is 4.68 Å². The fourth-order valence-electron chi connectivity index (χ4n) is 2.98. The number of nitrogens with one attached hydrogen (secondary N) is 1. The number of hydrogen-bond acceptors (Lipinski definition) is 5. The Morgan fingerprint density at radius 3 is 2.86 bits per heavy atom. The molecule has 2 unspecified atom stereocenters. The predicted octanol–water partition coefficient (Wildman–Crippen LogP) is 1.95. The van der Waals surface area contributed by atoms with Crippen LogP contribution in [0.25, 0.3) is 0 Å². The van der Waals surface area contributed by atoms with Crippen LogP contribution in [0.2, 0.25) is 0 Å². The van der Waals surface area contributed by atoms with Gasteiger partial charge in [-0.1, -0.05) is 13.3 Å². The molecule has 116 valence electrons. The highest BCUT2D eigenvalue weighted by molar-refractivity contribution is 5.77. The molecular weight excluding hydrogens is 276 g/mol. The minimum Gasteiger partial charge on any atom is -0.481 e. The average Bonchev–Trinajstić information content (AvgIpc) is 2.93. The predicted molar refractivity (Wildman–Crippen MR) is 76.2 cm³/mol. The maximum Gasteiger partial charge on any atom is 0.333 e. The Bertz CT molecular complexity index is 583. The van der Waals surface area contributed by atoms with E-state index in [0.29, 0.717) is 25.0 Å². The van der Waals surface area contributed by atoms with Gasteiger partial charge in [0.1, 0.15) is 5.69 Å². The Balaban J connectivity index is 2.38. The Morgan fingerprint density at radius 2 is 2.33 bits per heavy atom. The van der Waals surface area contributed by atoms with Crippen LogP contribution < -0.4 is 5.32 Å². The van der Waals surface area contributed by atoms with Gasteiger partial charge in [0.2, 0.25) is 5.82 Å². The van der Waals surface area contributed by atoms with Crippen LogP contribution in [0.1, 0.15) is 38.8 Å². The molecule has 8 nitrogen and oxygen atoms in total. The van der Waals surface area contributed by atoms with Crippen molar-refractivity contribution in [3.8, 4) is 0 Å². The minimum absolute atomic E-state index is 0.0559. The van der Waals surface area contributed by atoms with Crippen molar-refractivity contribution >= 4 is 17.5 Å². The van der Waals surface area contributed by atoms with E-state index < -0.39 is 16.3 Å². The van der Waals surface area contributed by atoms with Crippen molar-refractivity contribution < 1.29 is 14.8 Å². The number of carbonyl (C=O) groups is 1. The van der Waals surface area contributed by atoms with Gasteiger partial charge in [0.05, 0.1) is 10.3 Å². The number of aryl methyl sites for hydroxylation is 2. The standard InChI is InChI=1S/C13H20N4O4/c1-4-8-10(17(20)21)11(16(3)15-8)14-9-6-5-7-13(9,2)12(18)19/h9,14H,4-7H2,1-3H3,(H,18,19). The molecule has 0 spiro atoms. The Morgan fingerprint density at radius 1 is 1.67 bits per heavy atom. The summed E-state index contributed by atoms with van der Waals surface area (Å²) in [7, 11) is 1.63. The highest BCUT2D eigenvalue weighted by atomic mass is 16.6. The lowest BCUT2D eigenvalue weighted by Crippen LogP contribution is -2.40. The molecule has 1 aliphatic rings. The third-order valence-corrected chi connectivity index (χ3v) is 4.37. The van der Waals surface area contributed by atoms with Crippen molar-refractivity contribution in [1.29, 1.82) is 0 Å². The molecule has 1 aromatic heterocycles. The molecular formula is C13H20N4O4. The van der Waals surface area contributed by atoms with Crippen molar-refractivity contribution in [2.24, 2.45) is 12.5 Å². The van der Waals surface area contributed by atoms with Crippen LogP contribution in [-0.4, -0.2) is 31.8 Å². The molecule has 0 saturated heterocycles. The average molecular weight is 296 g/mol. The molecule has 0 amide bonds. The number of aromatic nitrogens is 2. The summed E-state index contributed by atoms with van der Waals surface area (Å²) in [5, 5.41) is 27.9. The minimum atomic E-state index is -0.912. The first-order chi connectivity index (χ1) is 9.81. The maximum absolute atomic E-state index is 11.5. The summed E-state index contributed by atoms with van der Waals surface area (Å²) in [6.45, 7) is 3.49. The Hall–Kier alpha value is -2.12. The van der Waals surface area contributed by atoms with E-state index in [-0.39, 0.29) is 17.5 Å². The zero-order valence-corrected chi connectivity index (χ0v) is 12.4. The van der Waals surface area contributed by atoms with E-state index in [0.717, 1.165) is 6.42 Å². The maximum atomic E-state index is 11.5. The molecule has 1 aromatic rings. The normalized spacial score (nSPS) is 25.0. The number of hydrogen-bond donors (Lipinski definition) is 2. The molecule has 8 heteroatoms.